The summed E-state index contributed by atoms with van der Waals surface area (Å²) in [6, 6.07) is 0. The number of hydrogen-bond donors (Lipinski definition) is 4. The third-order valence-corrected chi connectivity index (χ3v) is 0. The van der Waals surface area contributed by atoms with E-state index in [1.54, 1.807) is 0 Å². The van der Waals surface area contributed by atoms with Crippen LogP contribution in [0.5, 0.6) is 0 Å². The Balaban J connectivity index is -0.000000107. The molecule has 11 heavy (non-hydrogen) atoms. The predicted octanol–water partition coefficient (Wildman–Crippen LogP) is -3.62. The summed E-state index contributed by atoms with van der Waals surface area (Å²) < 4.78 is 63.9. The third kappa shape index (κ3) is 674. The van der Waals surface area contributed by atoms with E-state index in [0.29, 0.717) is 0 Å². The Labute approximate surface area is 87.1 Å². The van der Waals surface area contributed by atoms with Crippen molar-refractivity contribution in [2.45, 2.75) is 0 Å². The zero-order valence-electron chi connectivity index (χ0n) is 4.95. The van der Waals surface area contributed by atoms with Gasteiger partial charge in [-0.05, 0) is 0 Å². The molecule has 0 spiro atoms. The molecule has 0 aromatic heterocycles. The summed E-state index contributed by atoms with van der Waals surface area (Å²) in [7, 11) is 0. The van der Waals surface area contributed by atoms with Crippen molar-refractivity contribution in [3.63, 3.8) is 0 Å². The molecule has 0 unspecified atom stereocenters. The molecule has 4 N–H and O–H groups in total. The molecule has 0 aromatic carbocycles. The standard InChI is InChI=1S/Cr.Mo.4H2O.4O.Pb.2H/h;;4*1H2;;;;;;;/q2*+2;;;;;;;;;;;/p-4. The van der Waals surface area contributed by atoms with Crippen LogP contribution >= 0.6 is 0 Å². The van der Waals surface area contributed by atoms with Gasteiger partial charge in [0.25, 0.3) is 0 Å². The van der Waals surface area contributed by atoms with Gasteiger partial charge in [-0.3, -0.25) is 0 Å². The van der Waals surface area contributed by atoms with Gasteiger partial charge in [-0.1, -0.05) is 0 Å². The molecule has 0 fully saturated rings. The van der Waals surface area contributed by atoms with Crippen LogP contribution < -0.4 is 0 Å². The molecule has 0 rings (SSSR count). The van der Waals surface area contributed by atoms with Crippen molar-refractivity contribution in [2.24, 2.45) is 0 Å². The summed E-state index contributed by atoms with van der Waals surface area (Å²) in [5, 5.41) is 0. The van der Waals surface area contributed by atoms with Crippen LogP contribution in [-0.4, -0.2) is 43.1 Å². The summed E-state index contributed by atoms with van der Waals surface area (Å²) in [6.07, 6.45) is 0. The van der Waals surface area contributed by atoms with Crippen LogP contribution in [0.15, 0.2) is 0 Å². The SMILES string of the molecule is [O]=[Cr](=[O])([OH])[OH].[O]=[Mo](=[O])([OH])[OH].[PbH2]. The van der Waals surface area contributed by atoms with E-state index in [0.717, 1.165) is 0 Å². The zero-order valence-corrected chi connectivity index (χ0v) is 13.7. The molecular formula is H6CrMoO8Pb. The quantitative estimate of drug-likeness (QED) is 0.255. The van der Waals surface area contributed by atoms with Crippen LogP contribution in [0.2, 0.25) is 0 Å². The molecule has 0 aliphatic heterocycles. The maximum absolute atomic E-state index is 8.85. The van der Waals surface area contributed by atoms with E-state index in [9.17, 15) is 0 Å². The van der Waals surface area contributed by atoms with E-state index < -0.39 is 30.4 Å². The monoisotopic (exact) mass is 492 g/mol. The van der Waals surface area contributed by atoms with Crippen LogP contribution in [0.3, 0.4) is 0 Å². The minimum atomic E-state index is -5.52. The fraction of sp³-hybridized carbons (Fsp3) is 0. The first-order valence-electron chi connectivity index (χ1n) is 1.40. The molecule has 0 heterocycles. The average molecular weight is 489 g/mol. The van der Waals surface area contributed by atoms with E-state index in [1.165, 1.54) is 0 Å². The summed E-state index contributed by atoms with van der Waals surface area (Å²) in [4.78, 5) is 0. The Bertz CT molecular complexity index is 210. The molecule has 0 atom stereocenters. The first kappa shape index (κ1) is 18.1. The molecule has 0 aliphatic rings. The van der Waals surface area contributed by atoms with Crippen molar-refractivity contribution < 1.29 is 60.6 Å². The van der Waals surface area contributed by atoms with Gasteiger partial charge >= 0.3 is 87.9 Å². The zero-order chi connectivity index (χ0) is 9.00. The number of hydrogen-bond acceptors (Lipinski definition) is 4. The van der Waals surface area contributed by atoms with Crippen molar-refractivity contribution in [3.05, 3.63) is 0 Å². The van der Waals surface area contributed by atoms with Crippen LogP contribution in [0.1, 0.15) is 0 Å². The van der Waals surface area contributed by atoms with Crippen molar-refractivity contribution in [1.82, 2.24) is 0 Å². The molecule has 0 saturated carbocycles. The van der Waals surface area contributed by atoms with Gasteiger partial charge in [-0.15, -0.1) is 0 Å². The first-order chi connectivity index (χ1) is 4.00. The van der Waals surface area contributed by atoms with E-state index in [4.69, 9.17) is 30.2 Å². The second kappa shape index (κ2) is 6.67. The van der Waals surface area contributed by atoms with Gasteiger partial charge in [-0.25, -0.2) is 0 Å². The van der Waals surface area contributed by atoms with Gasteiger partial charge in [0, 0.05) is 0 Å². The van der Waals surface area contributed by atoms with Gasteiger partial charge in [-0.2, -0.15) is 0 Å². The fourth-order valence-corrected chi connectivity index (χ4v) is 0. The van der Waals surface area contributed by atoms with E-state index >= 15 is 0 Å². The van der Waals surface area contributed by atoms with E-state index in [1.807, 2.05) is 0 Å². The molecule has 0 aliphatic carbocycles. The molecule has 0 bridgehead atoms. The normalized spacial score (nSPS) is 10.5. The Kier molecular flexibility index (Phi) is 11.0. The molecule has 11 heteroatoms. The van der Waals surface area contributed by atoms with Crippen molar-refractivity contribution in [1.29, 1.82) is 0 Å². The molecule has 70 valence electrons. The van der Waals surface area contributed by atoms with Crippen molar-refractivity contribution in [3.8, 4) is 0 Å². The number of rotatable bonds is 0. The first-order valence-corrected chi connectivity index (χ1v) is 7.01. The molecular weight excluding hydrogens is 483 g/mol. The van der Waals surface area contributed by atoms with Crippen molar-refractivity contribution >= 4 is 27.3 Å². The van der Waals surface area contributed by atoms with Gasteiger partial charge in [0.2, 0.25) is 0 Å². The second-order valence-electron chi connectivity index (χ2n) is 0.896. The Morgan fingerprint density at radius 3 is 1.00 bits per heavy atom. The van der Waals surface area contributed by atoms with Crippen LogP contribution in [0.4, 0.5) is 0 Å². The predicted molar refractivity (Wildman–Crippen MR) is 20.2 cm³/mol. The molecule has 0 amide bonds. The average Bonchev–Trinajstić information content (AvgIpc) is 1.12. The summed E-state index contributed by atoms with van der Waals surface area (Å²) in [6.45, 7) is 0. The molecule has 0 aromatic rings. The van der Waals surface area contributed by atoms with E-state index in [-0.39, 0.29) is 27.3 Å². The van der Waals surface area contributed by atoms with E-state index in [2.05, 4.69) is 0 Å². The van der Waals surface area contributed by atoms with Crippen LogP contribution in [0, 0.1) is 0 Å². The van der Waals surface area contributed by atoms with Gasteiger partial charge in [0.05, 0.1) is 0 Å². The van der Waals surface area contributed by atoms with Crippen LogP contribution in [0.25, 0.3) is 0 Å². The molecule has 8 nitrogen and oxygen atoms in total. The fourth-order valence-electron chi connectivity index (χ4n) is 0. The maximum atomic E-state index is 8.85. The summed E-state index contributed by atoms with van der Waals surface area (Å²) >= 11 is -10.8. The third-order valence-electron chi connectivity index (χ3n) is 0. The summed E-state index contributed by atoms with van der Waals surface area (Å²) in [5.74, 6) is 0. The second-order valence-corrected chi connectivity index (χ2v) is 4.50. The van der Waals surface area contributed by atoms with Crippen LogP contribution in [-0.2, 0) is 44.8 Å². The van der Waals surface area contributed by atoms with Gasteiger partial charge in [0.1, 0.15) is 0 Å². The van der Waals surface area contributed by atoms with Gasteiger partial charge in [0.15, 0.2) is 0 Å². The topological polar surface area (TPSA) is 149 Å². The minimum absolute atomic E-state index is 0. The van der Waals surface area contributed by atoms with Gasteiger partial charge < -0.3 is 0 Å². The molecule has 2 radical (unpaired) electrons. The molecule has 0 saturated heterocycles. The Morgan fingerprint density at radius 1 is 1.00 bits per heavy atom. The summed E-state index contributed by atoms with van der Waals surface area (Å²) in [5.41, 5.74) is 0. The Morgan fingerprint density at radius 2 is 1.00 bits per heavy atom. The van der Waals surface area contributed by atoms with Crippen molar-refractivity contribution in [2.75, 3.05) is 0 Å². The Hall–Kier alpha value is 1.18.